The van der Waals surface area contributed by atoms with Gasteiger partial charge in [0.05, 0.1) is 19.9 Å². The number of methoxy groups -OCH3 is 2. The molecule has 1 N–H and O–H groups in total. The number of cyclic esters (lactones) is 1. The van der Waals surface area contributed by atoms with Crippen molar-refractivity contribution >= 4 is 29.5 Å². The lowest BCUT2D eigenvalue weighted by Crippen LogP contribution is -2.59. The van der Waals surface area contributed by atoms with E-state index < -0.39 is 35.8 Å². The minimum atomic E-state index is -1.44. The minimum Gasteiger partial charge on any atom is -0.493 e. The van der Waals surface area contributed by atoms with Crippen LogP contribution < -0.4 is 19.7 Å². The summed E-state index contributed by atoms with van der Waals surface area (Å²) in [7, 11) is 2.79. The molecule has 4 rings (SSSR count). The van der Waals surface area contributed by atoms with E-state index in [0.29, 0.717) is 22.6 Å². The van der Waals surface area contributed by atoms with Gasteiger partial charge in [-0.1, -0.05) is 24.3 Å². The molecular formula is C21H18N2O7. The van der Waals surface area contributed by atoms with Crippen LogP contribution in [0.25, 0.3) is 0 Å². The highest BCUT2D eigenvalue weighted by Crippen LogP contribution is 2.45. The van der Waals surface area contributed by atoms with Gasteiger partial charge in [0, 0.05) is 5.56 Å². The fourth-order valence-electron chi connectivity index (χ4n) is 3.77. The van der Waals surface area contributed by atoms with Crippen LogP contribution in [0.4, 0.5) is 10.5 Å². The van der Waals surface area contributed by atoms with Crippen molar-refractivity contribution in [3.05, 3.63) is 53.1 Å². The van der Waals surface area contributed by atoms with Crippen LogP contribution in [0.5, 0.6) is 11.5 Å². The number of anilines is 1. The molecule has 30 heavy (non-hydrogen) atoms. The zero-order valence-corrected chi connectivity index (χ0v) is 16.4. The van der Waals surface area contributed by atoms with Crippen molar-refractivity contribution < 1.29 is 33.4 Å². The molecule has 0 aromatic heterocycles. The smallest absolute Gasteiger partial charge is 0.343 e. The van der Waals surface area contributed by atoms with Crippen molar-refractivity contribution in [1.82, 2.24) is 5.32 Å². The molecule has 2 aliphatic rings. The highest BCUT2D eigenvalue weighted by atomic mass is 16.6. The number of urea groups is 1. The molecule has 4 amide bonds. The van der Waals surface area contributed by atoms with Crippen LogP contribution in [-0.2, 0) is 14.3 Å². The van der Waals surface area contributed by atoms with E-state index in [-0.39, 0.29) is 11.3 Å². The van der Waals surface area contributed by atoms with Crippen LogP contribution in [0, 0.1) is 12.8 Å². The van der Waals surface area contributed by atoms with Crippen molar-refractivity contribution in [3.8, 4) is 11.5 Å². The number of barbiturate groups is 1. The number of imide groups is 2. The highest BCUT2D eigenvalue weighted by molar-refractivity contribution is 6.28. The SMILES string of the molecule is COc1ccc2c(c1OC)C(=O)OC2C1C(=O)NC(=O)N(c2ccccc2C)C1=O. The fourth-order valence-corrected chi connectivity index (χ4v) is 3.77. The summed E-state index contributed by atoms with van der Waals surface area (Å²) < 4.78 is 15.9. The van der Waals surface area contributed by atoms with E-state index in [1.54, 1.807) is 43.3 Å². The van der Waals surface area contributed by atoms with E-state index >= 15 is 0 Å². The predicted molar refractivity (Wildman–Crippen MR) is 103 cm³/mol. The number of hydrogen-bond acceptors (Lipinski definition) is 7. The summed E-state index contributed by atoms with van der Waals surface area (Å²) in [6.07, 6.45) is -1.21. The van der Waals surface area contributed by atoms with Gasteiger partial charge < -0.3 is 14.2 Å². The molecule has 2 unspecified atom stereocenters. The van der Waals surface area contributed by atoms with Crippen LogP contribution in [0.2, 0.25) is 0 Å². The summed E-state index contributed by atoms with van der Waals surface area (Å²) in [4.78, 5) is 51.8. The fraction of sp³-hybridized carbons (Fsp3) is 0.238. The summed E-state index contributed by atoms with van der Waals surface area (Å²) in [6, 6.07) is 9.03. The van der Waals surface area contributed by atoms with Crippen LogP contribution >= 0.6 is 0 Å². The van der Waals surface area contributed by atoms with Gasteiger partial charge in [-0.25, -0.2) is 14.5 Å². The van der Waals surface area contributed by atoms with Gasteiger partial charge in [0.1, 0.15) is 11.7 Å². The third kappa shape index (κ3) is 2.78. The van der Waals surface area contributed by atoms with Gasteiger partial charge in [0.25, 0.3) is 5.91 Å². The van der Waals surface area contributed by atoms with Crippen molar-refractivity contribution in [2.75, 3.05) is 19.1 Å². The first-order chi connectivity index (χ1) is 14.4. The molecule has 0 aliphatic carbocycles. The standard InChI is InChI=1S/C21H18N2O7/c1-10-6-4-5-7-12(10)23-19(25)15(18(24)22-21(23)27)16-11-8-9-13(28-2)17(29-3)14(11)20(26)30-16/h4-9,15-16H,1-3H3,(H,22,24,27). The maximum Gasteiger partial charge on any atom is 0.343 e. The van der Waals surface area contributed by atoms with Gasteiger partial charge in [0.2, 0.25) is 5.91 Å². The normalized spacial score (nSPS) is 20.6. The Balaban J connectivity index is 1.79. The molecule has 1 saturated heterocycles. The highest BCUT2D eigenvalue weighted by Gasteiger charge is 2.51. The number of carbonyl (C=O) groups excluding carboxylic acids is 4. The van der Waals surface area contributed by atoms with E-state index in [2.05, 4.69) is 5.32 Å². The van der Waals surface area contributed by atoms with Gasteiger partial charge in [-0.3, -0.25) is 14.9 Å². The number of para-hydroxylation sites is 1. The second-order valence-corrected chi connectivity index (χ2v) is 6.82. The number of fused-ring (bicyclic) bond motifs is 1. The number of ether oxygens (including phenoxy) is 3. The average molecular weight is 410 g/mol. The molecule has 0 spiro atoms. The average Bonchev–Trinajstić information content (AvgIpc) is 3.04. The topological polar surface area (TPSA) is 111 Å². The Bertz CT molecular complexity index is 1090. The van der Waals surface area contributed by atoms with E-state index in [1.165, 1.54) is 14.2 Å². The summed E-state index contributed by atoms with van der Waals surface area (Å²) >= 11 is 0. The first-order valence-corrected chi connectivity index (χ1v) is 9.09. The van der Waals surface area contributed by atoms with Crippen LogP contribution in [0.1, 0.15) is 27.6 Å². The Kier molecular flexibility index (Phi) is 4.65. The zero-order valence-electron chi connectivity index (χ0n) is 16.4. The number of esters is 1. The second kappa shape index (κ2) is 7.18. The number of nitrogens with one attached hydrogen (secondary N) is 1. The van der Waals surface area contributed by atoms with Crippen molar-refractivity contribution in [3.63, 3.8) is 0 Å². The lowest BCUT2D eigenvalue weighted by Gasteiger charge is -2.33. The van der Waals surface area contributed by atoms with Gasteiger partial charge >= 0.3 is 12.0 Å². The molecular weight excluding hydrogens is 392 g/mol. The Morgan fingerprint density at radius 3 is 2.40 bits per heavy atom. The number of aryl methyl sites for hydroxylation is 1. The number of hydrogen-bond donors (Lipinski definition) is 1. The lowest BCUT2D eigenvalue weighted by atomic mass is 9.90. The van der Waals surface area contributed by atoms with E-state index in [1.807, 2.05) is 0 Å². The quantitative estimate of drug-likeness (QED) is 0.607. The third-order valence-corrected chi connectivity index (χ3v) is 5.18. The summed E-state index contributed by atoms with van der Waals surface area (Å²) in [5.41, 5.74) is 1.41. The summed E-state index contributed by atoms with van der Waals surface area (Å²) in [5, 5.41) is 2.19. The molecule has 1 fully saturated rings. The monoisotopic (exact) mass is 410 g/mol. The van der Waals surface area contributed by atoms with E-state index in [4.69, 9.17) is 14.2 Å². The molecule has 2 atom stereocenters. The van der Waals surface area contributed by atoms with E-state index in [0.717, 1.165) is 4.90 Å². The van der Waals surface area contributed by atoms with Gasteiger partial charge in [-0.2, -0.15) is 0 Å². The van der Waals surface area contributed by atoms with Crippen LogP contribution in [-0.4, -0.2) is 38.0 Å². The molecule has 2 aromatic rings. The Morgan fingerprint density at radius 2 is 1.73 bits per heavy atom. The van der Waals surface area contributed by atoms with Crippen LogP contribution in [0.3, 0.4) is 0 Å². The van der Waals surface area contributed by atoms with Crippen molar-refractivity contribution in [1.29, 1.82) is 0 Å². The summed E-state index contributed by atoms with van der Waals surface area (Å²) in [6.45, 7) is 1.74. The molecule has 9 nitrogen and oxygen atoms in total. The zero-order chi connectivity index (χ0) is 21.6. The molecule has 0 saturated carbocycles. The minimum absolute atomic E-state index is 0.0850. The molecule has 2 aromatic carbocycles. The number of nitrogens with zero attached hydrogens (tertiary/aromatic N) is 1. The molecule has 0 radical (unpaired) electrons. The van der Waals surface area contributed by atoms with Crippen LogP contribution in [0.15, 0.2) is 36.4 Å². The van der Waals surface area contributed by atoms with Crippen molar-refractivity contribution in [2.24, 2.45) is 5.92 Å². The molecule has 2 aliphatic heterocycles. The largest absolute Gasteiger partial charge is 0.493 e. The lowest BCUT2D eigenvalue weighted by molar-refractivity contribution is -0.139. The van der Waals surface area contributed by atoms with E-state index in [9.17, 15) is 19.2 Å². The molecule has 154 valence electrons. The number of carbonyl (C=O) groups is 4. The maximum absolute atomic E-state index is 13.3. The van der Waals surface area contributed by atoms with Gasteiger partial charge in [-0.15, -0.1) is 0 Å². The first kappa shape index (κ1) is 19.4. The molecule has 0 bridgehead atoms. The Morgan fingerprint density at radius 1 is 1.00 bits per heavy atom. The maximum atomic E-state index is 13.3. The predicted octanol–water partition coefficient (Wildman–Crippen LogP) is 2.12. The molecule has 2 heterocycles. The van der Waals surface area contributed by atoms with Gasteiger partial charge in [0.15, 0.2) is 17.4 Å². The van der Waals surface area contributed by atoms with Gasteiger partial charge in [-0.05, 0) is 24.6 Å². The number of amides is 4. The summed E-state index contributed by atoms with van der Waals surface area (Å²) in [5.74, 6) is -3.34. The number of rotatable bonds is 4. The third-order valence-electron chi connectivity index (χ3n) is 5.18. The van der Waals surface area contributed by atoms with Crippen molar-refractivity contribution in [2.45, 2.75) is 13.0 Å². The molecule has 9 heteroatoms. The Labute approximate surface area is 171 Å². The number of benzene rings is 2. The second-order valence-electron chi connectivity index (χ2n) is 6.82. The first-order valence-electron chi connectivity index (χ1n) is 9.09. The Hall–Kier alpha value is -3.88.